The van der Waals surface area contributed by atoms with Crippen LogP contribution in [0.3, 0.4) is 0 Å². The first-order valence-corrected chi connectivity index (χ1v) is 8.03. The molecule has 0 unspecified atom stereocenters. The van der Waals surface area contributed by atoms with Crippen LogP contribution in [0.4, 0.5) is 0 Å². The van der Waals surface area contributed by atoms with E-state index in [4.69, 9.17) is 0 Å². The van der Waals surface area contributed by atoms with Gasteiger partial charge >= 0.3 is 0 Å². The van der Waals surface area contributed by atoms with E-state index in [1.54, 1.807) is 6.92 Å². The Morgan fingerprint density at radius 1 is 0.880 bits per heavy atom. The molecule has 0 aliphatic heterocycles. The second-order valence-corrected chi connectivity index (χ2v) is 5.89. The summed E-state index contributed by atoms with van der Waals surface area (Å²) < 4.78 is 1.34. The van der Waals surface area contributed by atoms with Crippen molar-refractivity contribution < 1.29 is 5.11 Å². The van der Waals surface area contributed by atoms with Gasteiger partial charge in [-0.3, -0.25) is 4.79 Å². The Morgan fingerprint density at radius 3 is 2.36 bits per heavy atom. The smallest absolute Gasteiger partial charge is 0.283 e. The fraction of sp³-hybridized carbons (Fsp3) is 0.0476. The van der Waals surface area contributed by atoms with Gasteiger partial charge in [-0.05, 0) is 35.4 Å². The number of rotatable bonds is 2. The van der Waals surface area contributed by atoms with E-state index in [1.165, 1.54) is 4.68 Å². The molecule has 4 nitrogen and oxygen atoms in total. The predicted octanol–water partition coefficient (Wildman–Crippen LogP) is 4.07. The molecule has 1 heterocycles. The number of para-hydroxylation sites is 1. The zero-order valence-corrected chi connectivity index (χ0v) is 13.7. The van der Waals surface area contributed by atoms with Crippen LogP contribution < -0.4 is 5.56 Å². The molecule has 4 rings (SSSR count). The van der Waals surface area contributed by atoms with Crippen LogP contribution >= 0.6 is 0 Å². The molecule has 0 fully saturated rings. The summed E-state index contributed by atoms with van der Waals surface area (Å²) >= 11 is 0. The molecule has 0 spiro atoms. The lowest BCUT2D eigenvalue weighted by atomic mass is 9.98. The first-order valence-electron chi connectivity index (χ1n) is 8.03. The van der Waals surface area contributed by atoms with E-state index in [2.05, 4.69) is 5.10 Å². The van der Waals surface area contributed by atoms with Crippen LogP contribution in [0.15, 0.2) is 77.6 Å². The average Bonchev–Trinajstić information content (AvgIpc) is 2.66. The number of benzene rings is 3. The van der Waals surface area contributed by atoms with Crippen molar-refractivity contribution >= 4 is 10.8 Å². The zero-order valence-electron chi connectivity index (χ0n) is 13.7. The first kappa shape index (κ1) is 15.1. The SMILES string of the molecule is Cc1nn(-c2ccccc2)c(=O)c(-c2cccc3ccccc23)c1O. The summed E-state index contributed by atoms with van der Waals surface area (Å²) in [7, 11) is 0. The van der Waals surface area contributed by atoms with Crippen molar-refractivity contribution in [2.75, 3.05) is 0 Å². The number of aryl methyl sites for hydroxylation is 1. The van der Waals surface area contributed by atoms with E-state index in [0.717, 1.165) is 10.8 Å². The molecule has 0 radical (unpaired) electrons. The molecule has 0 aliphatic rings. The average molecular weight is 328 g/mol. The van der Waals surface area contributed by atoms with E-state index < -0.39 is 0 Å². The Bertz CT molecular complexity index is 1130. The molecule has 0 bridgehead atoms. The van der Waals surface area contributed by atoms with Crippen LogP contribution in [0, 0.1) is 6.92 Å². The van der Waals surface area contributed by atoms with Crippen molar-refractivity contribution in [3.63, 3.8) is 0 Å². The summed E-state index contributed by atoms with van der Waals surface area (Å²) in [6.45, 7) is 1.70. The Labute approximate surface area is 144 Å². The van der Waals surface area contributed by atoms with Crippen LogP contribution in [0.1, 0.15) is 5.69 Å². The maximum Gasteiger partial charge on any atom is 0.283 e. The van der Waals surface area contributed by atoms with E-state index >= 15 is 0 Å². The van der Waals surface area contributed by atoms with Gasteiger partial charge in [-0.2, -0.15) is 9.78 Å². The lowest BCUT2D eigenvalue weighted by molar-refractivity contribution is 0.463. The molecular formula is C21H16N2O2. The van der Waals surface area contributed by atoms with Gasteiger partial charge in [-0.25, -0.2) is 0 Å². The van der Waals surface area contributed by atoms with Crippen LogP contribution in [0.25, 0.3) is 27.6 Å². The largest absolute Gasteiger partial charge is 0.505 e. The third kappa shape index (κ3) is 2.48. The quantitative estimate of drug-likeness (QED) is 0.603. The molecule has 0 amide bonds. The van der Waals surface area contributed by atoms with Gasteiger partial charge in [-0.1, -0.05) is 60.7 Å². The predicted molar refractivity (Wildman–Crippen MR) is 99.2 cm³/mol. The Hall–Kier alpha value is -3.40. The summed E-state index contributed by atoms with van der Waals surface area (Å²) in [4.78, 5) is 13.1. The molecule has 25 heavy (non-hydrogen) atoms. The molecule has 0 saturated carbocycles. The Kier molecular flexibility index (Phi) is 3.58. The molecule has 4 aromatic rings. The van der Waals surface area contributed by atoms with Crippen LogP contribution in [-0.2, 0) is 0 Å². The van der Waals surface area contributed by atoms with Gasteiger partial charge in [-0.15, -0.1) is 0 Å². The molecule has 4 heteroatoms. The topological polar surface area (TPSA) is 55.1 Å². The van der Waals surface area contributed by atoms with E-state index in [0.29, 0.717) is 16.9 Å². The molecule has 1 aromatic heterocycles. The number of hydrogen-bond acceptors (Lipinski definition) is 3. The van der Waals surface area contributed by atoms with E-state index in [9.17, 15) is 9.90 Å². The third-order valence-corrected chi connectivity index (χ3v) is 4.30. The second-order valence-electron chi connectivity index (χ2n) is 5.89. The maximum absolute atomic E-state index is 13.1. The first-order chi connectivity index (χ1) is 12.2. The highest BCUT2D eigenvalue weighted by molar-refractivity contribution is 5.97. The van der Waals surface area contributed by atoms with Crippen LogP contribution in [-0.4, -0.2) is 14.9 Å². The van der Waals surface area contributed by atoms with Gasteiger partial charge in [0, 0.05) is 0 Å². The van der Waals surface area contributed by atoms with Gasteiger partial charge in [0.15, 0.2) is 5.75 Å². The molecule has 1 N–H and O–H groups in total. The Morgan fingerprint density at radius 2 is 1.56 bits per heavy atom. The maximum atomic E-state index is 13.1. The molecule has 122 valence electrons. The van der Waals surface area contributed by atoms with Crippen molar-refractivity contribution in [3.05, 3.63) is 88.8 Å². The lowest BCUT2D eigenvalue weighted by Gasteiger charge is -2.13. The number of aromatic nitrogens is 2. The van der Waals surface area contributed by atoms with Crippen molar-refractivity contribution in [2.45, 2.75) is 6.92 Å². The third-order valence-electron chi connectivity index (χ3n) is 4.30. The van der Waals surface area contributed by atoms with E-state index in [-0.39, 0.29) is 16.9 Å². The zero-order chi connectivity index (χ0) is 17.4. The summed E-state index contributed by atoms with van der Waals surface area (Å²) in [5.41, 5.74) is 1.71. The molecule has 0 saturated heterocycles. The standard InChI is InChI=1S/C21H16N2O2/c1-14-20(24)19(18-13-7-9-15-8-5-6-12-17(15)18)21(25)23(22-14)16-10-3-2-4-11-16/h2-13,24H,1H3. The van der Waals surface area contributed by atoms with E-state index in [1.807, 2.05) is 72.8 Å². The fourth-order valence-corrected chi connectivity index (χ4v) is 3.06. The minimum Gasteiger partial charge on any atom is -0.505 e. The van der Waals surface area contributed by atoms with Crippen molar-refractivity contribution in [2.24, 2.45) is 0 Å². The van der Waals surface area contributed by atoms with Gasteiger partial charge in [0.1, 0.15) is 5.69 Å². The highest BCUT2D eigenvalue weighted by Crippen LogP contribution is 2.33. The minimum atomic E-state index is -0.342. The van der Waals surface area contributed by atoms with Crippen molar-refractivity contribution in [1.29, 1.82) is 0 Å². The number of nitrogens with zero attached hydrogens (tertiary/aromatic N) is 2. The van der Waals surface area contributed by atoms with Gasteiger partial charge in [0.25, 0.3) is 5.56 Å². The Balaban J connectivity index is 2.09. The lowest BCUT2D eigenvalue weighted by Crippen LogP contribution is -2.24. The normalized spacial score (nSPS) is 10.9. The highest BCUT2D eigenvalue weighted by Gasteiger charge is 2.18. The fourth-order valence-electron chi connectivity index (χ4n) is 3.06. The number of hydrogen-bond donors (Lipinski definition) is 1. The summed E-state index contributed by atoms with van der Waals surface area (Å²) in [5, 5.41) is 16.8. The van der Waals surface area contributed by atoms with Gasteiger partial charge < -0.3 is 5.11 Å². The summed E-state index contributed by atoms with van der Waals surface area (Å²) in [6.07, 6.45) is 0. The number of fused-ring (bicyclic) bond motifs is 1. The van der Waals surface area contributed by atoms with Crippen LogP contribution in [0.5, 0.6) is 5.75 Å². The minimum absolute atomic E-state index is 0.0754. The highest BCUT2D eigenvalue weighted by atomic mass is 16.3. The summed E-state index contributed by atoms with van der Waals surface area (Å²) in [6, 6.07) is 22.8. The molecule has 3 aromatic carbocycles. The molecular weight excluding hydrogens is 312 g/mol. The second kappa shape index (κ2) is 5.91. The van der Waals surface area contributed by atoms with Crippen molar-refractivity contribution in [1.82, 2.24) is 9.78 Å². The van der Waals surface area contributed by atoms with Gasteiger partial charge in [0.05, 0.1) is 11.3 Å². The molecule has 0 aliphatic carbocycles. The monoisotopic (exact) mass is 328 g/mol. The van der Waals surface area contributed by atoms with Gasteiger partial charge in [0.2, 0.25) is 0 Å². The van der Waals surface area contributed by atoms with Crippen LogP contribution in [0.2, 0.25) is 0 Å². The number of aromatic hydroxyl groups is 1. The summed E-state index contributed by atoms with van der Waals surface area (Å²) in [5.74, 6) is -0.0754. The molecule has 0 atom stereocenters. The van der Waals surface area contributed by atoms with Crippen molar-refractivity contribution in [3.8, 4) is 22.6 Å².